The number of rotatable bonds is 3. The number of carbonyl (C=O) groups is 1. The highest BCUT2D eigenvalue weighted by Gasteiger charge is 2.75. The van der Waals surface area contributed by atoms with Crippen molar-refractivity contribution in [1.82, 2.24) is 4.90 Å². The maximum Gasteiger partial charge on any atom is 0.174 e. The molecule has 1 aromatic carbocycles. The van der Waals surface area contributed by atoms with Crippen molar-refractivity contribution in [3.63, 3.8) is 0 Å². The first kappa shape index (κ1) is 16.3. The molecule has 3 fully saturated rings. The molecule has 2 aliphatic heterocycles. The highest BCUT2D eigenvalue weighted by atomic mass is 16.5. The van der Waals surface area contributed by atoms with Gasteiger partial charge in [-0.15, -0.1) is 0 Å². The highest BCUT2D eigenvalue weighted by molar-refractivity contribution is 5.90. The second-order valence-electron chi connectivity index (χ2n) is 9.00. The molecule has 144 valence electrons. The van der Waals surface area contributed by atoms with Crippen LogP contribution in [-0.2, 0) is 10.2 Å². The van der Waals surface area contributed by atoms with Gasteiger partial charge in [0.25, 0.3) is 0 Å². The van der Waals surface area contributed by atoms with E-state index in [1.54, 1.807) is 13.2 Å². The standard InChI is InChI=1S/C21H25NO5/c1-26-14-5-4-12-15-17(14)27-19-13(23)6-7-21(25)18(16(12)24)22(10-11-2-3-11)9-8-20(15,19)21/h4-5,11,16,18-19,24-25H,2-3,6-10H2,1H3/t16?,18-,19+,20+,21-/m0/s1. The zero-order chi connectivity index (χ0) is 18.6. The number of carbonyl (C=O) groups excluding carboxylic acids is 1. The lowest BCUT2D eigenvalue weighted by Gasteiger charge is -2.63. The van der Waals surface area contributed by atoms with Gasteiger partial charge in [0, 0.05) is 18.5 Å². The quantitative estimate of drug-likeness (QED) is 0.834. The van der Waals surface area contributed by atoms with Crippen LogP contribution in [-0.4, -0.2) is 58.8 Å². The summed E-state index contributed by atoms with van der Waals surface area (Å²) in [5.74, 6) is 1.83. The summed E-state index contributed by atoms with van der Waals surface area (Å²) >= 11 is 0. The predicted molar refractivity (Wildman–Crippen MR) is 95.9 cm³/mol. The fraction of sp³-hybridized carbons (Fsp3) is 0.667. The third-order valence-corrected chi connectivity index (χ3v) is 7.80. The Morgan fingerprint density at radius 3 is 2.89 bits per heavy atom. The molecule has 0 aromatic heterocycles. The number of methoxy groups -OCH3 is 1. The maximum absolute atomic E-state index is 12.9. The average molecular weight is 371 g/mol. The number of piperidine rings is 1. The Labute approximate surface area is 158 Å². The largest absolute Gasteiger partial charge is 0.493 e. The number of Topliss-reactive ketones (excluding diaryl/α,β-unsaturated/α-hetero) is 1. The second kappa shape index (κ2) is 5.04. The van der Waals surface area contributed by atoms with Crippen LogP contribution in [0.3, 0.4) is 0 Å². The molecule has 1 aromatic rings. The molecule has 1 spiro atoms. The number of ketones is 1. The van der Waals surface area contributed by atoms with Gasteiger partial charge in [0.15, 0.2) is 23.4 Å². The van der Waals surface area contributed by atoms with Crippen molar-refractivity contribution in [1.29, 1.82) is 0 Å². The Kier molecular flexibility index (Phi) is 3.05. The molecule has 5 atom stereocenters. The summed E-state index contributed by atoms with van der Waals surface area (Å²) in [4.78, 5) is 15.1. The molecule has 1 saturated heterocycles. The van der Waals surface area contributed by atoms with E-state index >= 15 is 0 Å². The van der Waals surface area contributed by atoms with Gasteiger partial charge in [-0.05, 0) is 49.8 Å². The molecule has 2 saturated carbocycles. The van der Waals surface area contributed by atoms with Gasteiger partial charge in [-0.25, -0.2) is 0 Å². The van der Waals surface area contributed by atoms with Crippen molar-refractivity contribution in [3.05, 3.63) is 23.3 Å². The molecule has 6 nitrogen and oxygen atoms in total. The molecule has 2 N–H and O–H groups in total. The van der Waals surface area contributed by atoms with Crippen molar-refractivity contribution in [2.45, 2.75) is 61.4 Å². The van der Waals surface area contributed by atoms with Crippen molar-refractivity contribution in [2.75, 3.05) is 20.2 Å². The van der Waals surface area contributed by atoms with Gasteiger partial charge < -0.3 is 19.7 Å². The topological polar surface area (TPSA) is 79.2 Å². The van der Waals surface area contributed by atoms with Crippen LogP contribution < -0.4 is 9.47 Å². The molecular weight excluding hydrogens is 346 g/mol. The number of benzene rings is 1. The summed E-state index contributed by atoms with van der Waals surface area (Å²) < 4.78 is 11.7. The van der Waals surface area contributed by atoms with Crippen LogP contribution >= 0.6 is 0 Å². The van der Waals surface area contributed by atoms with Crippen LogP contribution in [0.25, 0.3) is 0 Å². The zero-order valence-corrected chi connectivity index (χ0v) is 15.5. The smallest absolute Gasteiger partial charge is 0.174 e. The lowest BCUT2D eigenvalue weighted by Crippen LogP contribution is -2.77. The first-order chi connectivity index (χ1) is 13.0. The summed E-state index contributed by atoms with van der Waals surface area (Å²) in [5, 5.41) is 23.5. The van der Waals surface area contributed by atoms with E-state index in [0.29, 0.717) is 30.3 Å². The molecule has 6 heteroatoms. The number of hydrogen-bond donors (Lipinski definition) is 2. The van der Waals surface area contributed by atoms with Crippen LogP contribution in [0, 0.1) is 5.92 Å². The third-order valence-electron chi connectivity index (χ3n) is 7.80. The van der Waals surface area contributed by atoms with Gasteiger partial charge in [-0.3, -0.25) is 9.69 Å². The monoisotopic (exact) mass is 371 g/mol. The van der Waals surface area contributed by atoms with Crippen LogP contribution in [0.5, 0.6) is 11.5 Å². The number of hydrogen-bond acceptors (Lipinski definition) is 6. The third kappa shape index (κ3) is 1.75. The van der Waals surface area contributed by atoms with E-state index in [-0.39, 0.29) is 12.2 Å². The molecule has 1 unspecified atom stereocenters. The summed E-state index contributed by atoms with van der Waals surface area (Å²) in [7, 11) is 1.58. The molecule has 0 amide bonds. The first-order valence-corrected chi connectivity index (χ1v) is 10.1. The van der Waals surface area contributed by atoms with E-state index in [1.807, 2.05) is 6.07 Å². The lowest BCUT2D eigenvalue weighted by molar-refractivity contribution is -0.211. The zero-order valence-electron chi connectivity index (χ0n) is 15.5. The SMILES string of the molecule is COc1ccc2c3c1O[C@@H]1C(=O)CC[C@]4(O)[C@H](C2O)N(CC2CC2)CC[C@@]314. The fourth-order valence-electron chi connectivity index (χ4n) is 6.48. The minimum atomic E-state index is -1.16. The Hall–Kier alpha value is -1.63. The Bertz CT molecular complexity index is 851. The molecule has 27 heavy (non-hydrogen) atoms. The van der Waals surface area contributed by atoms with Crippen LogP contribution in [0.15, 0.2) is 12.1 Å². The van der Waals surface area contributed by atoms with Crippen LogP contribution in [0.1, 0.15) is 49.3 Å². The second-order valence-corrected chi connectivity index (χ2v) is 9.00. The number of aliphatic hydroxyl groups excluding tert-OH is 1. The van der Waals surface area contributed by atoms with Gasteiger partial charge in [-0.2, -0.15) is 0 Å². The summed E-state index contributed by atoms with van der Waals surface area (Å²) in [6.07, 6.45) is 2.32. The molecule has 0 radical (unpaired) electrons. The van der Waals surface area contributed by atoms with Crippen molar-refractivity contribution in [3.8, 4) is 11.5 Å². The van der Waals surface area contributed by atoms with Gasteiger partial charge in [0.1, 0.15) is 0 Å². The molecule has 5 aliphatic rings. The van der Waals surface area contributed by atoms with E-state index in [1.165, 1.54) is 12.8 Å². The minimum Gasteiger partial charge on any atom is -0.493 e. The molecule has 2 heterocycles. The first-order valence-electron chi connectivity index (χ1n) is 10.1. The molecular formula is C21H25NO5. The van der Waals surface area contributed by atoms with Gasteiger partial charge in [0.2, 0.25) is 0 Å². The Morgan fingerprint density at radius 2 is 2.15 bits per heavy atom. The summed E-state index contributed by atoms with van der Waals surface area (Å²) in [6.45, 7) is 1.68. The molecule has 3 aliphatic carbocycles. The van der Waals surface area contributed by atoms with E-state index in [0.717, 1.165) is 24.2 Å². The van der Waals surface area contributed by atoms with Crippen LogP contribution in [0.2, 0.25) is 0 Å². The molecule has 2 bridgehead atoms. The van der Waals surface area contributed by atoms with E-state index in [9.17, 15) is 15.0 Å². The number of nitrogens with zero attached hydrogens (tertiary/aromatic N) is 1. The summed E-state index contributed by atoms with van der Waals surface area (Å²) in [6, 6.07) is 3.31. The van der Waals surface area contributed by atoms with E-state index < -0.39 is 29.3 Å². The van der Waals surface area contributed by atoms with Gasteiger partial charge >= 0.3 is 0 Å². The fourth-order valence-corrected chi connectivity index (χ4v) is 6.48. The highest BCUT2D eigenvalue weighted by Crippen LogP contribution is 2.66. The number of aliphatic hydroxyl groups is 2. The average Bonchev–Trinajstić information content (AvgIpc) is 3.40. The predicted octanol–water partition coefficient (Wildman–Crippen LogP) is 1.32. The number of ether oxygens (including phenoxy) is 2. The number of likely N-dealkylation sites (tertiary alicyclic amines) is 1. The van der Waals surface area contributed by atoms with E-state index in [2.05, 4.69) is 4.90 Å². The van der Waals surface area contributed by atoms with Crippen molar-refractivity contribution in [2.24, 2.45) is 5.92 Å². The van der Waals surface area contributed by atoms with Gasteiger partial charge in [0.05, 0.1) is 30.3 Å². The Balaban J connectivity index is 1.61. The maximum atomic E-state index is 12.9. The van der Waals surface area contributed by atoms with Crippen LogP contribution in [0.4, 0.5) is 0 Å². The van der Waals surface area contributed by atoms with Gasteiger partial charge in [-0.1, -0.05) is 6.07 Å². The van der Waals surface area contributed by atoms with Crippen molar-refractivity contribution >= 4 is 5.78 Å². The lowest BCUT2D eigenvalue weighted by atomic mass is 9.48. The minimum absolute atomic E-state index is 0.0506. The van der Waals surface area contributed by atoms with Crippen molar-refractivity contribution < 1.29 is 24.5 Å². The van der Waals surface area contributed by atoms with E-state index in [4.69, 9.17) is 9.47 Å². The summed E-state index contributed by atoms with van der Waals surface area (Å²) in [5.41, 5.74) is -0.329. The normalized spacial score (nSPS) is 41.9. The Morgan fingerprint density at radius 1 is 1.33 bits per heavy atom. The molecule has 6 rings (SSSR count).